The zero-order chi connectivity index (χ0) is 58.1. The van der Waals surface area contributed by atoms with Gasteiger partial charge in [-0.05, 0) is 83.8 Å². The Morgan fingerprint density at radius 1 is 0.902 bits per heavy atom. The molecule has 4 saturated heterocycles. The molecule has 82 heavy (non-hydrogen) atoms. The van der Waals surface area contributed by atoms with Gasteiger partial charge in [0.15, 0.2) is 5.82 Å². The molecular weight excluding hydrogens is 1090 g/mol. The number of aryl methyl sites for hydroxylation is 1. The highest BCUT2D eigenvalue weighted by molar-refractivity contribution is 7.13. The van der Waals surface area contributed by atoms with Crippen LogP contribution in [0.1, 0.15) is 58.3 Å². The van der Waals surface area contributed by atoms with Crippen LogP contribution in [0.4, 0.5) is 10.2 Å². The number of anilines is 1. The van der Waals surface area contributed by atoms with Crippen molar-refractivity contribution in [3.05, 3.63) is 107 Å². The highest BCUT2D eigenvalue weighted by Crippen LogP contribution is 2.43. The summed E-state index contributed by atoms with van der Waals surface area (Å²) in [5.74, 6) is -0.999. The number of phenolic OH excluding ortho intramolecular Hbond substituents is 1. The summed E-state index contributed by atoms with van der Waals surface area (Å²) in [7, 11) is 0. The number of hydrogen-bond acceptors (Lipinski definition) is 15. The number of hydrogen-bond donors (Lipinski definition) is 4. The molecular formula is C61H73ClFN11O7S. The third kappa shape index (κ3) is 12.9. The van der Waals surface area contributed by atoms with Gasteiger partial charge in [0, 0.05) is 102 Å². The molecule has 21 heteroatoms. The van der Waals surface area contributed by atoms with Crippen molar-refractivity contribution in [1.29, 1.82) is 0 Å². The summed E-state index contributed by atoms with van der Waals surface area (Å²) in [6.07, 6.45) is 0.167. The third-order valence-electron chi connectivity index (χ3n) is 16.3. The minimum atomic E-state index is -0.925. The van der Waals surface area contributed by atoms with E-state index in [1.165, 1.54) is 17.0 Å². The standard InChI is InChI=1S/C61H73ClFN11O7S/c1-8-51(78)72-21-23-73(24-22-72)57-47-28-48(62)52(46-26-43(75)25-42-11-9-10-12-45(42)46)53(63)54(47)67-60(68-57)81-36(2)29-71-31-39(32-71)30-69-17-19-70(20-18-69)34-50(77)66-56(61(5,6)7)59(80)74-33-44(76)27-49(74)58(79)65-37(3)40-13-15-41(16-14-40)55-38(4)64-35-82-55/h8-16,25-26,28,35-37,39,44,49,56,75-76H,1,17-24,27,29-34H2,2-7H3,(H,65,79)(H,66,77)/t36-,37+,44-,49+,56-/m1/s1. The minimum absolute atomic E-state index is 0.00530. The first-order valence-electron chi connectivity index (χ1n) is 28.2. The topological polar surface area (TPSA) is 200 Å². The number of amides is 4. The highest BCUT2D eigenvalue weighted by Gasteiger charge is 2.45. The molecule has 6 heterocycles. The van der Waals surface area contributed by atoms with Crippen molar-refractivity contribution in [2.45, 2.75) is 78.3 Å². The summed E-state index contributed by atoms with van der Waals surface area (Å²) in [6.45, 7) is 23.1. The molecule has 0 radical (unpaired) electrons. The van der Waals surface area contributed by atoms with Crippen molar-refractivity contribution in [3.63, 3.8) is 0 Å². The largest absolute Gasteiger partial charge is 0.508 e. The van der Waals surface area contributed by atoms with Crippen LogP contribution in [0.5, 0.6) is 11.8 Å². The second-order valence-corrected chi connectivity index (χ2v) is 24.7. The van der Waals surface area contributed by atoms with E-state index in [1.807, 2.05) is 100 Å². The second kappa shape index (κ2) is 24.6. The lowest BCUT2D eigenvalue weighted by Crippen LogP contribution is -2.59. The number of nitrogens with zero attached hydrogens (tertiary/aromatic N) is 9. The number of ether oxygens (including phenoxy) is 1. The quantitative estimate of drug-likeness (QED) is 0.0688. The molecule has 434 valence electrons. The van der Waals surface area contributed by atoms with Crippen molar-refractivity contribution in [2.24, 2.45) is 11.3 Å². The third-order valence-corrected chi connectivity index (χ3v) is 17.6. The van der Waals surface area contributed by atoms with Crippen molar-refractivity contribution >= 4 is 74.1 Å². The van der Waals surface area contributed by atoms with E-state index >= 15 is 4.39 Å². The molecule has 5 atom stereocenters. The first-order chi connectivity index (χ1) is 39.2. The van der Waals surface area contributed by atoms with Crippen LogP contribution in [-0.4, -0.2) is 189 Å². The fraction of sp³-hybridized carbons (Fsp3) is 0.459. The average Bonchev–Trinajstić information content (AvgIpc) is 3.66. The molecule has 18 nitrogen and oxygen atoms in total. The summed E-state index contributed by atoms with van der Waals surface area (Å²) in [5.41, 5.74) is 4.61. The highest BCUT2D eigenvalue weighted by atomic mass is 35.5. The SMILES string of the molecule is C=CC(=O)N1CCN(c2nc(O[C@H](C)CN3CC(CN4CCN(CC(=O)N[C@H](C(=O)N5C[C@H](O)C[C@H]5C(=O)N[C@@H](C)c5ccc(-c6scnc6C)cc5)C(C)(C)C)CC4)C3)nc3c(F)c(-c4cc(O)cc5ccccc45)c(Cl)cc23)CC1. The zero-order valence-electron chi connectivity index (χ0n) is 47.4. The van der Waals surface area contributed by atoms with Gasteiger partial charge in [-0.2, -0.15) is 9.97 Å². The van der Waals surface area contributed by atoms with E-state index in [1.54, 1.807) is 28.4 Å². The number of nitrogens with one attached hydrogen (secondary N) is 2. The number of halogens is 2. The number of aromatic hydroxyl groups is 1. The number of likely N-dealkylation sites (tertiary alicyclic amines) is 2. The van der Waals surface area contributed by atoms with Gasteiger partial charge in [-0.3, -0.25) is 29.0 Å². The Labute approximate surface area is 486 Å². The van der Waals surface area contributed by atoms with Gasteiger partial charge in [-0.1, -0.05) is 87.5 Å². The Morgan fingerprint density at radius 3 is 2.29 bits per heavy atom. The molecule has 0 saturated carbocycles. The predicted octanol–water partition coefficient (Wildman–Crippen LogP) is 6.90. The fourth-order valence-electron chi connectivity index (χ4n) is 11.9. The van der Waals surface area contributed by atoms with E-state index in [-0.39, 0.29) is 77.2 Å². The number of carbonyl (C=O) groups is 4. The van der Waals surface area contributed by atoms with Crippen LogP contribution < -0.4 is 20.3 Å². The maximum absolute atomic E-state index is 17.2. The van der Waals surface area contributed by atoms with Gasteiger partial charge in [0.05, 0.1) is 39.8 Å². The molecule has 4 fully saturated rings. The Morgan fingerprint density at radius 2 is 1.61 bits per heavy atom. The zero-order valence-corrected chi connectivity index (χ0v) is 49.0. The Bertz CT molecular complexity index is 3360. The summed E-state index contributed by atoms with van der Waals surface area (Å²) in [5, 5.41) is 29.5. The first kappa shape index (κ1) is 58.4. The van der Waals surface area contributed by atoms with Gasteiger partial charge in [-0.15, -0.1) is 11.3 Å². The molecule has 0 bridgehead atoms. The van der Waals surface area contributed by atoms with Gasteiger partial charge >= 0.3 is 6.01 Å². The molecule has 0 aliphatic carbocycles. The van der Waals surface area contributed by atoms with Crippen LogP contribution in [-0.2, 0) is 19.2 Å². The molecule has 2 aromatic heterocycles. The van der Waals surface area contributed by atoms with Gasteiger partial charge < -0.3 is 45.2 Å². The molecule has 4 N–H and O–H groups in total. The molecule has 4 amide bonds. The maximum Gasteiger partial charge on any atom is 0.319 e. The van der Waals surface area contributed by atoms with Gasteiger partial charge in [0.25, 0.3) is 0 Å². The maximum atomic E-state index is 17.2. The van der Waals surface area contributed by atoms with Gasteiger partial charge in [0.2, 0.25) is 23.6 Å². The summed E-state index contributed by atoms with van der Waals surface area (Å²) >= 11 is 8.53. The number of aromatic nitrogens is 3. The van der Waals surface area contributed by atoms with E-state index in [4.69, 9.17) is 21.3 Å². The number of fused-ring (bicyclic) bond motifs is 2. The molecule has 6 aromatic rings. The van der Waals surface area contributed by atoms with Crippen molar-refractivity contribution in [1.82, 2.24) is 50.1 Å². The second-order valence-electron chi connectivity index (χ2n) is 23.5. The average molecular weight is 1160 g/mol. The normalized spacial score (nSPS) is 19.7. The molecule has 0 unspecified atom stereocenters. The molecule has 4 aromatic carbocycles. The lowest BCUT2D eigenvalue weighted by atomic mass is 9.85. The van der Waals surface area contributed by atoms with Crippen molar-refractivity contribution < 1.29 is 38.5 Å². The number of rotatable bonds is 17. The van der Waals surface area contributed by atoms with Crippen LogP contribution >= 0.6 is 22.9 Å². The van der Waals surface area contributed by atoms with E-state index in [0.29, 0.717) is 73.9 Å². The van der Waals surface area contributed by atoms with Crippen LogP contribution in [0.15, 0.2) is 84.9 Å². The van der Waals surface area contributed by atoms with E-state index in [2.05, 4.69) is 41.9 Å². The van der Waals surface area contributed by atoms with E-state index < -0.39 is 35.3 Å². The van der Waals surface area contributed by atoms with Crippen molar-refractivity contribution in [2.75, 3.05) is 96.5 Å². The van der Waals surface area contributed by atoms with Crippen LogP contribution in [0, 0.1) is 24.1 Å². The van der Waals surface area contributed by atoms with Gasteiger partial charge in [-0.25, -0.2) is 9.37 Å². The number of carbonyl (C=O) groups excluding carboxylic acids is 4. The fourth-order valence-corrected chi connectivity index (χ4v) is 13.0. The number of piperazine rings is 2. The van der Waals surface area contributed by atoms with Crippen LogP contribution in [0.3, 0.4) is 0 Å². The van der Waals surface area contributed by atoms with Gasteiger partial charge in [0.1, 0.15) is 35.3 Å². The number of benzene rings is 4. The van der Waals surface area contributed by atoms with E-state index in [0.717, 1.165) is 59.8 Å². The number of phenols is 1. The number of β-amino-alcohol motifs (C(OH)–C–C–N with tert-alkyl or cyclic N) is 1. The smallest absolute Gasteiger partial charge is 0.319 e. The molecule has 10 rings (SSSR count). The Balaban J connectivity index is 0.713. The predicted molar refractivity (Wildman–Crippen MR) is 317 cm³/mol. The van der Waals surface area contributed by atoms with Crippen molar-refractivity contribution in [3.8, 4) is 33.3 Å². The monoisotopic (exact) mass is 1160 g/mol. The Hall–Kier alpha value is -6.81. The summed E-state index contributed by atoms with van der Waals surface area (Å²) in [4.78, 5) is 81.3. The molecule has 4 aliphatic rings. The summed E-state index contributed by atoms with van der Waals surface area (Å²) < 4.78 is 23.6. The molecule has 0 spiro atoms. The lowest BCUT2D eigenvalue weighted by molar-refractivity contribution is -0.144. The number of thiazole rings is 1. The minimum Gasteiger partial charge on any atom is -0.508 e. The lowest BCUT2D eigenvalue weighted by Gasteiger charge is -2.44. The Kier molecular flexibility index (Phi) is 17.5. The number of aliphatic hydroxyl groups excluding tert-OH is 1. The van der Waals surface area contributed by atoms with Crippen LogP contribution in [0.2, 0.25) is 5.02 Å². The molecule has 4 aliphatic heterocycles. The summed E-state index contributed by atoms with van der Waals surface area (Å²) in [6, 6.07) is 18.0. The first-order valence-corrected chi connectivity index (χ1v) is 29.5. The van der Waals surface area contributed by atoms with Crippen LogP contribution in [0.25, 0.3) is 43.2 Å². The van der Waals surface area contributed by atoms with E-state index in [9.17, 15) is 29.4 Å². The number of aliphatic hydroxyl groups is 1.